The number of hydrogen-bond donors (Lipinski definition) is 2. The average Bonchev–Trinajstić information content (AvgIpc) is 2.53. The van der Waals surface area contributed by atoms with Crippen molar-refractivity contribution in [1.29, 1.82) is 0 Å². The number of carbonyl (C=O) groups is 1. The van der Waals surface area contributed by atoms with Crippen molar-refractivity contribution in [3.05, 3.63) is 29.3 Å². The molecule has 2 aliphatic rings. The molecule has 114 valence electrons. The van der Waals surface area contributed by atoms with Crippen LogP contribution in [0.3, 0.4) is 0 Å². The smallest absolute Gasteiger partial charge is 0.256 e. The molecule has 2 atom stereocenters. The van der Waals surface area contributed by atoms with Crippen LogP contribution in [0.15, 0.2) is 18.2 Å². The molecule has 1 saturated carbocycles. The summed E-state index contributed by atoms with van der Waals surface area (Å²) >= 11 is 0. The van der Waals surface area contributed by atoms with Gasteiger partial charge in [0, 0.05) is 12.6 Å². The van der Waals surface area contributed by atoms with Crippen molar-refractivity contribution in [2.24, 2.45) is 11.8 Å². The molecule has 4 heteroatoms. The van der Waals surface area contributed by atoms with Crippen LogP contribution in [0.2, 0.25) is 0 Å². The van der Waals surface area contributed by atoms with E-state index in [-0.39, 0.29) is 5.91 Å². The molecule has 3 N–H and O–H groups in total. The van der Waals surface area contributed by atoms with E-state index in [1.807, 2.05) is 25.1 Å². The Balaban J connectivity index is 1.88. The molecule has 1 aromatic rings. The maximum atomic E-state index is 13.0. The summed E-state index contributed by atoms with van der Waals surface area (Å²) in [4.78, 5) is 15.1. The van der Waals surface area contributed by atoms with Crippen LogP contribution in [-0.2, 0) is 0 Å². The van der Waals surface area contributed by atoms with Crippen LogP contribution < -0.4 is 11.3 Å². The molecule has 0 spiro atoms. The quantitative estimate of drug-likeness (QED) is 0.649. The predicted molar refractivity (Wildman–Crippen MR) is 85.0 cm³/mol. The first-order chi connectivity index (χ1) is 10.2. The van der Waals surface area contributed by atoms with Gasteiger partial charge in [-0.15, -0.1) is 0 Å². The van der Waals surface area contributed by atoms with E-state index < -0.39 is 0 Å². The number of anilines is 1. The molecule has 1 aliphatic carbocycles. The number of hydrazine groups is 1. The maximum absolute atomic E-state index is 13.0. The molecule has 1 heterocycles. The zero-order valence-electron chi connectivity index (χ0n) is 12.8. The van der Waals surface area contributed by atoms with E-state index in [0.29, 0.717) is 17.5 Å². The Morgan fingerprint density at radius 3 is 2.81 bits per heavy atom. The fraction of sp³-hybridized carbons (Fsp3) is 0.588. The van der Waals surface area contributed by atoms with Crippen molar-refractivity contribution in [2.45, 2.75) is 51.5 Å². The van der Waals surface area contributed by atoms with Crippen LogP contribution in [0.25, 0.3) is 0 Å². The number of rotatable bonds is 2. The van der Waals surface area contributed by atoms with Crippen LogP contribution in [0.4, 0.5) is 5.69 Å². The van der Waals surface area contributed by atoms with Gasteiger partial charge in [0.15, 0.2) is 0 Å². The van der Waals surface area contributed by atoms with Crippen molar-refractivity contribution >= 4 is 11.6 Å². The van der Waals surface area contributed by atoms with Gasteiger partial charge in [0.25, 0.3) is 5.91 Å². The molecular formula is C17H25N3O. The molecule has 1 aliphatic heterocycles. The number of fused-ring (bicyclic) bond motifs is 1. The topological polar surface area (TPSA) is 58.4 Å². The zero-order valence-corrected chi connectivity index (χ0v) is 12.8. The fourth-order valence-electron chi connectivity index (χ4n) is 3.99. The number of aryl methyl sites for hydroxylation is 1. The number of nitrogens with zero attached hydrogens (tertiary/aromatic N) is 1. The number of nitrogen functional groups attached to an aromatic ring is 1. The fourth-order valence-corrected chi connectivity index (χ4v) is 3.99. The third kappa shape index (κ3) is 2.77. The SMILES string of the molecule is Cc1ccc(NN)c(C(=O)N2CCCC3CCCCC32)c1. The summed E-state index contributed by atoms with van der Waals surface area (Å²) in [7, 11) is 0. The molecule has 2 unspecified atom stereocenters. The molecule has 1 saturated heterocycles. The van der Waals surface area contributed by atoms with Crippen molar-refractivity contribution in [3.63, 3.8) is 0 Å². The minimum atomic E-state index is 0.142. The first-order valence-corrected chi connectivity index (χ1v) is 8.09. The summed E-state index contributed by atoms with van der Waals surface area (Å²) in [6.07, 6.45) is 7.43. The Bertz CT molecular complexity index is 527. The van der Waals surface area contributed by atoms with Crippen LogP contribution >= 0.6 is 0 Å². The summed E-state index contributed by atoms with van der Waals surface area (Å²) in [5.41, 5.74) is 5.20. The molecule has 2 fully saturated rings. The first kappa shape index (κ1) is 14.4. The van der Waals surface area contributed by atoms with E-state index in [1.54, 1.807) is 0 Å². The van der Waals surface area contributed by atoms with E-state index in [2.05, 4.69) is 10.3 Å². The van der Waals surface area contributed by atoms with Crippen molar-refractivity contribution in [1.82, 2.24) is 4.90 Å². The maximum Gasteiger partial charge on any atom is 0.256 e. The summed E-state index contributed by atoms with van der Waals surface area (Å²) in [5, 5.41) is 0. The molecule has 3 rings (SSSR count). The Kier molecular flexibility index (Phi) is 4.15. The average molecular weight is 287 g/mol. The van der Waals surface area contributed by atoms with Gasteiger partial charge in [-0.05, 0) is 50.7 Å². The lowest BCUT2D eigenvalue weighted by atomic mass is 9.78. The Hall–Kier alpha value is -1.55. The third-order valence-corrected chi connectivity index (χ3v) is 5.07. The van der Waals surface area contributed by atoms with Gasteiger partial charge < -0.3 is 10.3 Å². The van der Waals surface area contributed by atoms with Crippen molar-refractivity contribution in [2.75, 3.05) is 12.0 Å². The highest BCUT2D eigenvalue weighted by Crippen LogP contribution is 2.36. The van der Waals surface area contributed by atoms with Gasteiger partial charge >= 0.3 is 0 Å². The highest BCUT2D eigenvalue weighted by Gasteiger charge is 2.36. The Morgan fingerprint density at radius 2 is 2.00 bits per heavy atom. The highest BCUT2D eigenvalue weighted by atomic mass is 16.2. The monoisotopic (exact) mass is 287 g/mol. The number of nitrogens with two attached hydrogens (primary N) is 1. The zero-order chi connectivity index (χ0) is 14.8. The largest absolute Gasteiger partial charge is 0.335 e. The highest BCUT2D eigenvalue weighted by molar-refractivity contribution is 6.00. The second kappa shape index (κ2) is 6.06. The van der Waals surface area contributed by atoms with Crippen molar-refractivity contribution < 1.29 is 4.79 Å². The van der Waals surface area contributed by atoms with Gasteiger partial charge in [0.05, 0.1) is 11.3 Å². The number of carbonyl (C=O) groups excluding carboxylic acids is 1. The lowest BCUT2D eigenvalue weighted by molar-refractivity contribution is 0.0391. The van der Waals surface area contributed by atoms with Gasteiger partial charge in [0.1, 0.15) is 0 Å². The Morgan fingerprint density at radius 1 is 1.24 bits per heavy atom. The normalized spacial score (nSPS) is 25.3. The Labute approximate surface area is 126 Å². The van der Waals surface area contributed by atoms with Gasteiger partial charge in [-0.25, -0.2) is 0 Å². The van der Waals surface area contributed by atoms with Crippen LogP contribution in [0.1, 0.15) is 54.4 Å². The number of hydrogen-bond acceptors (Lipinski definition) is 3. The minimum Gasteiger partial charge on any atom is -0.335 e. The molecule has 4 nitrogen and oxygen atoms in total. The standard InChI is InChI=1S/C17H25N3O/c1-12-8-9-15(19-18)14(11-12)17(21)20-10-4-6-13-5-2-3-7-16(13)20/h8-9,11,13,16,19H,2-7,10,18H2,1H3. The number of piperidine rings is 1. The number of nitrogens with one attached hydrogen (secondary N) is 1. The summed E-state index contributed by atoms with van der Waals surface area (Å²) in [6, 6.07) is 6.26. The molecule has 1 amide bonds. The molecule has 0 aromatic heterocycles. The molecule has 0 bridgehead atoms. The molecule has 1 aromatic carbocycles. The second-order valence-corrected chi connectivity index (χ2v) is 6.45. The molecule has 21 heavy (non-hydrogen) atoms. The van der Waals surface area contributed by atoms with E-state index in [1.165, 1.54) is 25.7 Å². The third-order valence-electron chi connectivity index (χ3n) is 5.07. The van der Waals surface area contributed by atoms with E-state index in [9.17, 15) is 4.79 Å². The van der Waals surface area contributed by atoms with Crippen LogP contribution in [0, 0.1) is 12.8 Å². The summed E-state index contributed by atoms with van der Waals surface area (Å²) < 4.78 is 0. The first-order valence-electron chi connectivity index (χ1n) is 8.09. The van der Waals surface area contributed by atoms with Gasteiger partial charge in [-0.3, -0.25) is 10.6 Å². The van der Waals surface area contributed by atoms with Crippen LogP contribution in [0.5, 0.6) is 0 Å². The number of likely N-dealkylation sites (tertiary alicyclic amines) is 1. The van der Waals surface area contributed by atoms with Gasteiger partial charge in [-0.1, -0.05) is 24.5 Å². The molecule has 0 radical (unpaired) electrons. The lowest BCUT2D eigenvalue weighted by Gasteiger charge is -2.44. The predicted octanol–water partition coefficient (Wildman–Crippen LogP) is 3.08. The number of benzene rings is 1. The molecular weight excluding hydrogens is 262 g/mol. The minimum absolute atomic E-state index is 0.142. The van der Waals surface area contributed by atoms with Gasteiger partial charge in [-0.2, -0.15) is 0 Å². The summed E-state index contributed by atoms with van der Waals surface area (Å²) in [6.45, 7) is 2.90. The second-order valence-electron chi connectivity index (χ2n) is 6.45. The van der Waals surface area contributed by atoms with Gasteiger partial charge in [0.2, 0.25) is 0 Å². The lowest BCUT2D eigenvalue weighted by Crippen LogP contribution is -2.49. The number of amides is 1. The van der Waals surface area contributed by atoms with Crippen molar-refractivity contribution in [3.8, 4) is 0 Å². The van der Waals surface area contributed by atoms with E-state index in [0.717, 1.165) is 30.6 Å². The summed E-state index contributed by atoms with van der Waals surface area (Å²) in [5.74, 6) is 6.43. The van der Waals surface area contributed by atoms with E-state index >= 15 is 0 Å². The van der Waals surface area contributed by atoms with Crippen LogP contribution in [-0.4, -0.2) is 23.4 Å². The van der Waals surface area contributed by atoms with E-state index in [4.69, 9.17) is 5.84 Å².